The van der Waals surface area contributed by atoms with Crippen LogP contribution in [-0.4, -0.2) is 66.5 Å². The first-order valence-corrected chi connectivity index (χ1v) is 14.6. The van der Waals surface area contributed by atoms with Crippen molar-refractivity contribution in [3.8, 4) is 0 Å². The van der Waals surface area contributed by atoms with Gasteiger partial charge in [0, 0.05) is 48.3 Å². The molecule has 3 N–H and O–H groups in total. The number of piperidine rings is 1. The molecule has 5 rings (SSSR count). The Kier molecular flexibility index (Phi) is 9.04. The van der Waals surface area contributed by atoms with Crippen LogP contribution in [0.1, 0.15) is 48.3 Å². The standard InChI is InChI=1S/C34H41N5O2/c1-24(29-23-35-31-16-10-8-14-28(29)31)32(33(40)36-30-15-9-7-13-27(30)17-20-38(2)3)37-34(41)39-21-18-26(19-22-39)25-11-5-4-6-12-25/h4-16,23-24,26,32,35H,17-22H2,1-3H3,(H,36,40)(H,37,41)/t24-,32-/m1/s1. The fourth-order valence-corrected chi connectivity index (χ4v) is 5.85. The maximum Gasteiger partial charge on any atom is 0.318 e. The van der Waals surface area contributed by atoms with E-state index in [2.05, 4.69) is 50.8 Å². The predicted octanol–water partition coefficient (Wildman–Crippen LogP) is 5.97. The number of carbonyl (C=O) groups excluding carboxylic acids is 2. The third-order valence-electron chi connectivity index (χ3n) is 8.33. The predicted molar refractivity (Wildman–Crippen MR) is 166 cm³/mol. The second-order valence-corrected chi connectivity index (χ2v) is 11.4. The lowest BCUT2D eigenvalue weighted by Crippen LogP contribution is -2.53. The summed E-state index contributed by atoms with van der Waals surface area (Å²) in [5, 5.41) is 7.36. The number of hydrogen-bond acceptors (Lipinski definition) is 3. The van der Waals surface area contributed by atoms with Crippen molar-refractivity contribution in [2.45, 2.75) is 44.1 Å². The Morgan fingerprint density at radius 3 is 2.39 bits per heavy atom. The Balaban J connectivity index is 1.35. The quantitative estimate of drug-likeness (QED) is 0.240. The largest absolute Gasteiger partial charge is 0.361 e. The molecule has 2 heterocycles. The average molecular weight is 552 g/mol. The number of benzene rings is 3. The highest BCUT2D eigenvalue weighted by molar-refractivity contribution is 5.99. The Morgan fingerprint density at radius 1 is 0.951 bits per heavy atom. The fraction of sp³-hybridized carbons (Fsp3) is 0.353. The highest BCUT2D eigenvalue weighted by Crippen LogP contribution is 2.30. The molecular weight excluding hydrogens is 510 g/mol. The molecule has 0 saturated carbocycles. The second-order valence-electron chi connectivity index (χ2n) is 11.4. The molecule has 1 aliphatic rings. The summed E-state index contributed by atoms with van der Waals surface area (Å²) in [7, 11) is 4.08. The lowest BCUT2D eigenvalue weighted by Gasteiger charge is -2.34. The number of urea groups is 1. The summed E-state index contributed by atoms with van der Waals surface area (Å²) in [4.78, 5) is 34.9. The van der Waals surface area contributed by atoms with Gasteiger partial charge in [0.15, 0.2) is 0 Å². The average Bonchev–Trinajstić information content (AvgIpc) is 3.44. The Labute approximate surface area is 242 Å². The van der Waals surface area contributed by atoms with Gasteiger partial charge in [0.1, 0.15) is 6.04 Å². The maximum atomic E-state index is 14.0. The van der Waals surface area contributed by atoms with Crippen molar-refractivity contribution >= 4 is 28.5 Å². The smallest absolute Gasteiger partial charge is 0.318 e. The molecule has 0 radical (unpaired) electrons. The zero-order valence-corrected chi connectivity index (χ0v) is 24.3. The molecule has 1 saturated heterocycles. The number of H-pyrrole nitrogens is 1. The summed E-state index contributed by atoms with van der Waals surface area (Å²) in [5.74, 6) is -0.0262. The van der Waals surface area contributed by atoms with Crippen LogP contribution in [0, 0.1) is 0 Å². The lowest BCUT2D eigenvalue weighted by molar-refractivity contribution is -0.118. The van der Waals surface area contributed by atoms with Crippen LogP contribution in [0.3, 0.4) is 0 Å². The number of rotatable bonds is 9. The van der Waals surface area contributed by atoms with E-state index in [9.17, 15) is 9.59 Å². The molecule has 0 aliphatic carbocycles. The van der Waals surface area contributed by atoms with E-state index in [4.69, 9.17) is 0 Å². The number of likely N-dealkylation sites (tertiary alicyclic amines) is 1. The number of aromatic nitrogens is 1. The normalized spacial score (nSPS) is 15.6. The molecule has 3 amide bonds. The number of nitrogens with zero attached hydrogens (tertiary/aromatic N) is 2. The van der Waals surface area contributed by atoms with E-state index in [0.717, 1.165) is 53.5 Å². The van der Waals surface area contributed by atoms with Gasteiger partial charge in [0.05, 0.1) is 0 Å². The van der Waals surface area contributed by atoms with Gasteiger partial charge in [0.25, 0.3) is 0 Å². The minimum Gasteiger partial charge on any atom is -0.361 e. The van der Waals surface area contributed by atoms with E-state index in [1.807, 2.05) is 80.6 Å². The van der Waals surface area contributed by atoms with Crippen LogP contribution < -0.4 is 10.6 Å². The highest BCUT2D eigenvalue weighted by Gasteiger charge is 2.32. The lowest BCUT2D eigenvalue weighted by atomic mass is 9.89. The van der Waals surface area contributed by atoms with E-state index < -0.39 is 6.04 Å². The van der Waals surface area contributed by atoms with Crippen molar-refractivity contribution in [2.24, 2.45) is 0 Å². The summed E-state index contributed by atoms with van der Waals surface area (Å²) in [5.41, 5.74) is 5.20. The van der Waals surface area contributed by atoms with Crippen molar-refractivity contribution in [2.75, 3.05) is 39.0 Å². The molecule has 1 fully saturated rings. The van der Waals surface area contributed by atoms with Gasteiger partial charge in [-0.1, -0.05) is 73.7 Å². The molecule has 1 aromatic heterocycles. The van der Waals surface area contributed by atoms with Gasteiger partial charge in [-0.15, -0.1) is 0 Å². The van der Waals surface area contributed by atoms with E-state index in [1.54, 1.807) is 0 Å². The fourth-order valence-electron chi connectivity index (χ4n) is 5.85. The van der Waals surface area contributed by atoms with Crippen molar-refractivity contribution < 1.29 is 9.59 Å². The van der Waals surface area contributed by atoms with E-state index >= 15 is 0 Å². The van der Waals surface area contributed by atoms with Crippen LogP contribution in [0.5, 0.6) is 0 Å². The van der Waals surface area contributed by atoms with Crippen LogP contribution in [0.4, 0.5) is 10.5 Å². The first kappa shape index (κ1) is 28.4. The number of nitrogens with one attached hydrogen (secondary N) is 3. The molecule has 4 aromatic rings. The molecule has 7 heteroatoms. The maximum absolute atomic E-state index is 14.0. The number of hydrogen-bond donors (Lipinski definition) is 3. The minimum atomic E-state index is -0.754. The molecule has 1 aliphatic heterocycles. The number of amides is 3. The minimum absolute atomic E-state index is 0.191. The van der Waals surface area contributed by atoms with E-state index in [1.165, 1.54) is 5.56 Å². The van der Waals surface area contributed by atoms with Crippen molar-refractivity contribution in [1.82, 2.24) is 20.1 Å². The molecule has 0 unspecified atom stereocenters. The SMILES string of the molecule is C[C@H](c1c[nH]c2ccccc12)[C@@H](NC(=O)N1CCC(c2ccccc2)CC1)C(=O)Nc1ccccc1CCN(C)C. The first-order valence-electron chi connectivity index (χ1n) is 14.6. The van der Waals surface area contributed by atoms with Crippen LogP contribution >= 0.6 is 0 Å². The van der Waals surface area contributed by atoms with Gasteiger partial charge in [-0.2, -0.15) is 0 Å². The summed E-state index contributed by atoms with van der Waals surface area (Å²) in [6.07, 6.45) is 4.59. The Hall–Kier alpha value is -4.10. The molecule has 0 spiro atoms. The number of fused-ring (bicyclic) bond motifs is 1. The molecule has 41 heavy (non-hydrogen) atoms. The zero-order chi connectivity index (χ0) is 28.8. The number of likely N-dealkylation sites (N-methyl/N-ethyl adjacent to an activating group) is 1. The van der Waals surface area contributed by atoms with Crippen LogP contribution in [-0.2, 0) is 11.2 Å². The van der Waals surface area contributed by atoms with Crippen LogP contribution in [0.2, 0.25) is 0 Å². The van der Waals surface area contributed by atoms with Gasteiger partial charge in [-0.3, -0.25) is 4.79 Å². The van der Waals surface area contributed by atoms with Crippen molar-refractivity contribution in [3.05, 3.63) is 102 Å². The molecule has 0 bridgehead atoms. The van der Waals surface area contributed by atoms with Crippen molar-refractivity contribution in [3.63, 3.8) is 0 Å². The number of anilines is 1. The summed E-state index contributed by atoms with van der Waals surface area (Å²) in [6, 6.07) is 25.5. The third kappa shape index (κ3) is 6.80. The van der Waals surface area contributed by atoms with E-state index in [-0.39, 0.29) is 17.9 Å². The van der Waals surface area contributed by atoms with E-state index in [0.29, 0.717) is 19.0 Å². The second kappa shape index (κ2) is 13.0. The third-order valence-corrected chi connectivity index (χ3v) is 8.33. The zero-order valence-electron chi connectivity index (χ0n) is 24.3. The molecular formula is C34H41N5O2. The van der Waals surface area contributed by atoms with Crippen molar-refractivity contribution in [1.29, 1.82) is 0 Å². The van der Waals surface area contributed by atoms with Gasteiger partial charge in [-0.25, -0.2) is 4.79 Å². The monoisotopic (exact) mass is 551 g/mol. The summed E-state index contributed by atoms with van der Waals surface area (Å²) in [6.45, 7) is 4.21. The van der Waals surface area contributed by atoms with Gasteiger partial charge >= 0.3 is 6.03 Å². The molecule has 7 nitrogen and oxygen atoms in total. The Bertz CT molecular complexity index is 1460. The van der Waals surface area contributed by atoms with Crippen LogP contribution in [0.25, 0.3) is 10.9 Å². The molecule has 2 atom stereocenters. The number of aromatic amines is 1. The van der Waals surface area contributed by atoms with Crippen LogP contribution in [0.15, 0.2) is 85.1 Å². The van der Waals surface area contributed by atoms with Gasteiger partial charge in [0.2, 0.25) is 5.91 Å². The van der Waals surface area contributed by atoms with Gasteiger partial charge in [-0.05, 0) is 68.1 Å². The topological polar surface area (TPSA) is 80.5 Å². The summed E-state index contributed by atoms with van der Waals surface area (Å²) < 4.78 is 0. The summed E-state index contributed by atoms with van der Waals surface area (Å²) >= 11 is 0. The highest BCUT2D eigenvalue weighted by atomic mass is 16.2. The number of carbonyl (C=O) groups is 2. The molecule has 214 valence electrons. The van der Waals surface area contributed by atoms with Gasteiger partial charge < -0.3 is 25.4 Å². The number of para-hydroxylation sites is 2. The first-order chi connectivity index (χ1) is 19.9. The molecule has 3 aromatic carbocycles. The Morgan fingerprint density at radius 2 is 1.63 bits per heavy atom.